The van der Waals surface area contributed by atoms with Crippen molar-refractivity contribution in [2.45, 2.75) is 27.3 Å². The summed E-state index contributed by atoms with van der Waals surface area (Å²) in [5.41, 5.74) is 3.20. The number of aryl methyl sites for hydroxylation is 2. The van der Waals surface area contributed by atoms with Gasteiger partial charge in [0.1, 0.15) is 5.82 Å². The van der Waals surface area contributed by atoms with E-state index in [1.807, 2.05) is 45.0 Å². The Kier molecular flexibility index (Phi) is 4.65. The van der Waals surface area contributed by atoms with Crippen LogP contribution in [0.2, 0.25) is 0 Å². The number of nitrogens with zero attached hydrogens (tertiary/aromatic N) is 2. The molecule has 0 aliphatic heterocycles. The number of carbonyl (C=O) groups excluding carboxylic acids is 1. The molecule has 1 amide bonds. The minimum absolute atomic E-state index is 0.0594. The fourth-order valence-corrected chi connectivity index (χ4v) is 2.94. The number of carbonyl (C=O) groups is 1. The summed E-state index contributed by atoms with van der Waals surface area (Å²) >= 11 is 0. The number of nitrogens with one attached hydrogen (secondary N) is 1. The number of hydrogen-bond acceptors (Lipinski definition) is 3. The maximum atomic E-state index is 12.9. The van der Waals surface area contributed by atoms with Crippen LogP contribution >= 0.6 is 0 Å². The van der Waals surface area contributed by atoms with Gasteiger partial charge >= 0.3 is 0 Å². The number of rotatable bonds is 4. The van der Waals surface area contributed by atoms with E-state index in [9.17, 15) is 9.59 Å². The van der Waals surface area contributed by atoms with Crippen molar-refractivity contribution in [3.05, 3.63) is 75.3 Å². The number of benzene rings is 2. The second kappa shape index (κ2) is 6.89. The highest BCUT2D eigenvalue weighted by Crippen LogP contribution is 2.15. The van der Waals surface area contributed by atoms with E-state index in [4.69, 9.17) is 0 Å². The third-order valence-corrected chi connectivity index (χ3v) is 4.28. The fourth-order valence-electron chi connectivity index (χ4n) is 2.94. The molecule has 0 saturated heterocycles. The predicted octanol–water partition coefficient (Wildman–Crippen LogP) is 3.20. The first-order valence-electron chi connectivity index (χ1n) is 8.34. The second-order valence-electron chi connectivity index (χ2n) is 6.17. The number of fused-ring (bicyclic) bond motifs is 1. The Bertz CT molecular complexity index is 992. The Morgan fingerprint density at radius 3 is 2.64 bits per heavy atom. The topological polar surface area (TPSA) is 66.1 Å². The molecule has 0 bridgehead atoms. The first-order valence-corrected chi connectivity index (χ1v) is 8.34. The zero-order valence-electron chi connectivity index (χ0n) is 14.7. The van der Waals surface area contributed by atoms with Gasteiger partial charge in [0, 0.05) is 12.1 Å². The zero-order valence-corrected chi connectivity index (χ0v) is 14.7. The highest BCUT2D eigenvalue weighted by atomic mass is 16.2. The van der Waals surface area contributed by atoms with Crippen LogP contribution in [0.1, 0.15) is 34.2 Å². The normalized spacial score (nSPS) is 10.8. The van der Waals surface area contributed by atoms with Gasteiger partial charge in [0.15, 0.2) is 0 Å². The minimum Gasteiger partial charge on any atom is -0.331 e. The van der Waals surface area contributed by atoms with Crippen molar-refractivity contribution in [2.24, 2.45) is 0 Å². The molecule has 5 heteroatoms. The Balaban J connectivity index is 1.92. The Morgan fingerprint density at radius 2 is 1.92 bits per heavy atom. The molecule has 1 heterocycles. The summed E-state index contributed by atoms with van der Waals surface area (Å²) in [6.07, 6.45) is 0. The van der Waals surface area contributed by atoms with Gasteiger partial charge in [0.2, 0.25) is 0 Å². The van der Waals surface area contributed by atoms with Gasteiger partial charge < -0.3 is 9.88 Å². The van der Waals surface area contributed by atoms with E-state index in [2.05, 4.69) is 9.97 Å². The minimum atomic E-state index is -0.185. The quantitative estimate of drug-likeness (QED) is 0.796. The SMILES string of the molecule is CCN(Cc1nc2ccccc2c(=O)[nH]1)C(=O)c1ccc(C)cc1C. The molecule has 3 rings (SSSR count). The molecule has 0 saturated carbocycles. The van der Waals surface area contributed by atoms with Crippen molar-refractivity contribution < 1.29 is 4.79 Å². The molecule has 0 aliphatic carbocycles. The van der Waals surface area contributed by atoms with Gasteiger partial charge in [-0.1, -0.05) is 29.8 Å². The highest BCUT2D eigenvalue weighted by molar-refractivity contribution is 5.95. The van der Waals surface area contributed by atoms with E-state index in [1.165, 1.54) is 0 Å². The van der Waals surface area contributed by atoms with Gasteiger partial charge in [-0.25, -0.2) is 4.98 Å². The van der Waals surface area contributed by atoms with Crippen molar-refractivity contribution in [3.8, 4) is 0 Å². The molecular formula is C20H21N3O2. The van der Waals surface area contributed by atoms with Gasteiger partial charge in [0.05, 0.1) is 17.4 Å². The van der Waals surface area contributed by atoms with E-state index in [0.717, 1.165) is 11.1 Å². The number of H-pyrrole nitrogens is 1. The van der Waals surface area contributed by atoms with E-state index in [0.29, 0.717) is 28.8 Å². The predicted molar refractivity (Wildman–Crippen MR) is 98.7 cm³/mol. The summed E-state index contributed by atoms with van der Waals surface area (Å²) in [5.74, 6) is 0.430. The second-order valence-corrected chi connectivity index (χ2v) is 6.17. The maximum absolute atomic E-state index is 12.9. The van der Waals surface area contributed by atoms with Crippen LogP contribution in [0.5, 0.6) is 0 Å². The van der Waals surface area contributed by atoms with Crippen molar-refractivity contribution >= 4 is 16.8 Å². The molecule has 0 fully saturated rings. The monoisotopic (exact) mass is 335 g/mol. The first kappa shape index (κ1) is 16.9. The lowest BCUT2D eigenvalue weighted by Gasteiger charge is -2.21. The van der Waals surface area contributed by atoms with Gasteiger partial charge in [-0.05, 0) is 44.5 Å². The van der Waals surface area contributed by atoms with Crippen LogP contribution in [0.25, 0.3) is 10.9 Å². The van der Waals surface area contributed by atoms with Gasteiger partial charge in [0.25, 0.3) is 11.5 Å². The molecule has 1 aromatic heterocycles. The molecule has 0 atom stereocenters. The lowest BCUT2D eigenvalue weighted by molar-refractivity contribution is 0.0747. The molecule has 2 aromatic carbocycles. The van der Waals surface area contributed by atoms with Crippen molar-refractivity contribution in [1.82, 2.24) is 14.9 Å². The summed E-state index contributed by atoms with van der Waals surface area (Å²) in [4.78, 5) is 34.0. The van der Waals surface area contributed by atoms with Crippen LogP contribution < -0.4 is 5.56 Å². The van der Waals surface area contributed by atoms with Gasteiger partial charge in [-0.3, -0.25) is 9.59 Å². The molecule has 128 valence electrons. The first-order chi connectivity index (χ1) is 12.0. The smallest absolute Gasteiger partial charge is 0.258 e. The largest absolute Gasteiger partial charge is 0.331 e. The number of aromatic nitrogens is 2. The molecule has 0 unspecified atom stereocenters. The zero-order chi connectivity index (χ0) is 18.0. The van der Waals surface area contributed by atoms with Crippen LogP contribution in [-0.2, 0) is 6.54 Å². The maximum Gasteiger partial charge on any atom is 0.258 e. The summed E-state index contributed by atoms with van der Waals surface area (Å²) in [6.45, 7) is 6.65. The summed E-state index contributed by atoms with van der Waals surface area (Å²) < 4.78 is 0. The lowest BCUT2D eigenvalue weighted by Crippen LogP contribution is -2.32. The van der Waals surface area contributed by atoms with E-state index >= 15 is 0 Å². The Morgan fingerprint density at radius 1 is 1.16 bits per heavy atom. The molecule has 5 nitrogen and oxygen atoms in total. The van der Waals surface area contributed by atoms with Crippen molar-refractivity contribution in [2.75, 3.05) is 6.54 Å². The molecular weight excluding hydrogens is 314 g/mol. The molecule has 1 N–H and O–H groups in total. The average Bonchev–Trinajstić information content (AvgIpc) is 2.59. The van der Waals surface area contributed by atoms with E-state index in [-0.39, 0.29) is 18.0 Å². The van der Waals surface area contributed by atoms with Crippen LogP contribution in [0.15, 0.2) is 47.3 Å². The lowest BCUT2D eigenvalue weighted by atomic mass is 10.0. The Labute approximate surface area is 146 Å². The number of hydrogen-bond donors (Lipinski definition) is 1. The standard InChI is InChI=1S/C20H21N3O2/c1-4-23(20(25)15-10-9-13(2)11-14(15)3)12-18-21-17-8-6-5-7-16(17)19(24)22-18/h5-11H,4,12H2,1-3H3,(H,21,22,24). The van der Waals surface area contributed by atoms with Crippen molar-refractivity contribution in [1.29, 1.82) is 0 Å². The molecule has 0 aliphatic rings. The summed E-state index contributed by atoms with van der Waals surface area (Å²) in [5, 5.41) is 0.551. The molecule has 0 radical (unpaired) electrons. The number of para-hydroxylation sites is 1. The van der Waals surface area contributed by atoms with E-state index < -0.39 is 0 Å². The fraction of sp³-hybridized carbons (Fsp3) is 0.250. The van der Waals surface area contributed by atoms with Crippen LogP contribution in [0, 0.1) is 13.8 Å². The third kappa shape index (κ3) is 3.45. The number of amides is 1. The third-order valence-electron chi connectivity index (χ3n) is 4.28. The summed E-state index contributed by atoms with van der Waals surface area (Å²) in [7, 11) is 0. The molecule has 25 heavy (non-hydrogen) atoms. The van der Waals surface area contributed by atoms with Crippen LogP contribution in [0.4, 0.5) is 0 Å². The van der Waals surface area contributed by atoms with Crippen LogP contribution in [-0.4, -0.2) is 27.3 Å². The summed E-state index contributed by atoms with van der Waals surface area (Å²) in [6, 6.07) is 13.0. The van der Waals surface area contributed by atoms with Gasteiger partial charge in [-0.15, -0.1) is 0 Å². The average molecular weight is 335 g/mol. The van der Waals surface area contributed by atoms with Gasteiger partial charge in [-0.2, -0.15) is 0 Å². The number of aromatic amines is 1. The van der Waals surface area contributed by atoms with E-state index in [1.54, 1.807) is 23.1 Å². The molecule has 0 spiro atoms. The van der Waals surface area contributed by atoms with Crippen molar-refractivity contribution in [3.63, 3.8) is 0 Å². The Hall–Kier alpha value is -2.95. The van der Waals surface area contributed by atoms with Crippen LogP contribution in [0.3, 0.4) is 0 Å². The molecule has 3 aromatic rings. The highest BCUT2D eigenvalue weighted by Gasteiger charge is 2.18.